The molecular formula is C44H86N2+2. The minimum absolute atomic E-state index is 1.23. The van der Waals surface area contributed by atoms with Crippen LogP contribution in [0.3, 0.4) is 0 Å². The topological polar surface area (TPSA) is 0 Å². The maximum absolute atomic E-state index is 2.56. The molecule has 1 aromatic rings. The number of nitrogens with zero attached hydrogens (tertiary/aromatic N) is 2. The van der Waals surface area contributed by atoms with Gasteiger partial charge in [0.2, 0.25) is 0 Å². The number of benzene rings is 1. The van der Waals surface area contributed by atoms with Gasteiger partial charge in [0, 0.05) is 11.1 Å². The quantitative estimate of drug-likeness (QED) is 0.0518. The summed E-state index contributed by atoms with van der Waals surface area (Å²) in [7, 11) is 0. The number of hydrogen-bond donors (Lipinski definition) is 0. The van der Waals surface area contributed by atoms with Crippen molar-refractivity contribution in [3.63, 3.8) is 0 Å². The lowest BCUT2D eigenvalue weighted by atomic mass is 10.0. The molecule has 0 fully saturated rings. The number of unbranched alkanes of at least 4 members (excludes halogenated alkanes) is 18. The molecule has 0 amide bonds. The van der Waals surface area contributed by atoms with Crippen LogP contribution in [0.4, 0.5) is 0 Å². The van der Waals surface area contributed by atoms with E-state index in [4.69, 9.17) is 0 Å². The van der Waals surface area contributed by atoms with Gasteiger partial charge < -0.3 is 8.97 Å². The van der Waals surface area contributed by atoms with Crippen molar-refractivity contribution in [1.82, 2.24) is 0 Å². The summed E-state index contributed by atoms with van der Waals surface area (Å²) in [5.41, 5.74) is 3.17. The van der Waals surface area contributed by atoms with Crippen LogP contribution < -0.4 is 0 Å². The van der Waals surface area contributed by atoms with Gasteiger partial charge in [-0.2, -0.15) is 0 Å². The van der Waals surface area contributed by atoms with E-state index in [0.717, 1.165) is 0 Å². The summed E-state index contributed by atoms with van der Waals surface area (Å²) >= 11 is 0. The number of rotatable bonds is 34. The lowest BCUT2D eigenvalue weighted by Crippen LogP contribution is -2.49. The maximum atomic E-state index is 2.56. The van der Waals surface area contributed by atoms with E-state index in [2.05, 4.69) is 65.8 Å². The Morgan fingerprint density at radius 1 is 0.283 bits per heavy atom. The van der Waals surface area contributed by atoms with Crippen molar-refractivity contribution in [2.45, 2.75) is 209 Å². The molecule has 0 atom stereocenters. The molecule has 0 radical (unpaired) electrons. The van der Waals surface area contributed by atoms with Gasteiger partial charge in [0.05, 0.1) is 39.3 Å². The molecule has 0 unspecified atom stereocenters. The van der Waals surface area contributed by atoms with E-state index < -0.39 is 0 Å². The lowest BCUT2D eigenvalue weighted by Gasteiger charge is -2.40. The highest BCUT2D eigenvalue weighted by Gasteiger charge is 2.28. The zero-order chi connectivity index (χ0) is 33.6. The van der Waals surface area contributed by atoms with Crippen LogP contribution in [0.15, 0.2) is 24.3 Å². The van der Waals surface area contributed by atoms with Crippen LogP contribution in [-0.4, -0.2) is 48.2 Å². The molecule has 0 spiro atoms. The first-order valence-electron chi connectivity index (χ1n) is 21.3. The fourth-order valence-electron chi connectivity index (χ4n) is 7.83. The van der Waals surface area contributed by atoms with Gasteiger partial charge in [0.15, 0.2) is 0 Å². The minimum atomic E-state index is 1.23. The van der Waals surface area contributed by atoms with Gasteiger partial charge in [0.1, 0.15) is 13.1 Å². The average Bonchev–Trinajstić information content (AvgIpc) is 3.07. The molecule has 46 heavy (non-hydrogen) atoms. The third-order valence-corrected chi connectivity index (χ3v) is 11.0. The molecule has 0 aliphatic carbocycles. The highest BCUT2D eigenvalue weighted by molar-refractivity contribution is 5.21. The van der Waals surface area contributed by atoms with Gasteiger partial charge in [0.25, 0.3) is 0 Å². The van der Waals surface area contributed by atoms with Gasteiger partial charge in [-0.25, -0.2) is 0 Å². The van der Waals surface area contributed by atoms with Crippen molar-refractivity contribution in [3.05, 3.63) is 35.4 Å². The van der Waals surface area contributed by atoms with Crippen molar-refractivity contribution >= 4 is 0 Å². The van der Waals surface area contributed by atoms with Crippen LogP contribution in [0.1, 0.15) is 207 Å². The summed E-state index contributed by atoms with van der Waals surface area (Å²) in [5, 5.41) is 0. The first-order chi connectivity index (χ1) is 22.5. The van der Waals surface area contributed by atoms with Crippen molar-refractivity contribution in [2.75, 3.05) is 39.3 Å². The first kappa shape index (κ1) is 43.2. The molecule has 0 heterocycles. The molecule has 0 aliphatic rings. The van der Waals surface area contributed by atoms with E-state index in [-0.39, 0.29) is 0 Å². The fraction of sp³-hybridized carbons (Fsp3) is 0.864. The number of quaternary nitrogens is 2. The Morgan fingerprint density at radius 3 is 0.761 bits per heavy atom. The van der Waals surface area contributed by atoms with Crippen molar-refractivity contribution < 1.29 is 8.97 Å². The summed E-state index contributed by atoms with van der Waals surface area (Å²) in [6.45, 7) is 24.9. The van der Waals surface area contributed by atoms with Gasteiger partial charge >= 0.3 is 0 Å². The SMILES string of the molecule is CCCCCCCC[N+](CCCCCCCC)(CCCCCCCC)Cc1ccc(C[N+](CCCC)(CCCC)CCCC)cc1. The number of hydrogen-bond acceptors (Lipinski definition) is 0. The van der Waals surface area contributed by atoms with Crippen LogP contribution in [0, 0.1) is 0 Å². The van der Waals surface area contributed by atoms with E-state index in [9.17, 15) is 0 Å². The predicted octanol–water partition coefficient (Wildman–Crippen LogP) is 13.8. The average molecular weight is 643 g/mol. The maximum Gasteiger partial charge on any atom is 0.104 e. The Labute approximate surface area is 291 Å². The van der Waals surface area contributed by atoms with Gasteiger partial charge in [-0.05, 0) is 57.8 Å². The standard InChI is InChI=1S/C44H86N2/c1-7-13-19-22-25-28-38-46(39-29-26-23-20-14-8-2,40-30-27-24-21-15-9-3)42-44-33-31-43(32-34-44)41-45(35-16-10-4,36-17-11-5)37-18-12-6/h31-34H,7-30,35-42H2,1-6H3/q+2. The highest BCUT2D eigenvalue weighted by Crippen LogP contribution is 2.25. The molecule has 1 rings (SSSR count). The van der Waals surface area contributed by atoms with Crippen molar-refractivity contribution in [3.8, 4) is 0 Å². The van der Waals surface area contributed by atoms with Crippen LogP contribution >= 0.6 is 0 Å². The Kier molecular flexibility index (Phi) is 27.3. The zero-order valence-corrected chi connectivity index (χ0v) is 32.8. The van der Waals surface area contributed by atoms with Gasteiger partial charge in [-0.1, -0.05) is 162 Å². The second-order valence-corrected chi connectivity index (χ2v) is 15.5. The Hall–Kier alpha value is -0.860. The molecular weight excluding hydrogens is 556 g/mol. The van der Waals surface area contributed by atoms with E-state index in [1.165, 1.54) is 215 Å². The summed E-state index contributed by atoms with van der Waals surface area (Å²) in [4.78, 5) is 0. The van der Waals surface area contributed by atoms with Crippen LogP contribution in [-0.2, 0) is 13.1 Å². The van der Waals surface area contributed by atoms with E-state index in [0.29, 0.717) is 0 Å². The van der Waals surface area contributed by atoms with Crippen molar-refractivity contribution in [1.29, 1.82) is 0 Å². The highest BCUT2D eigenvalue weighted by atomic mass is 15.4. The Bertz CT molecular complexity index is 706. The fourth-order valence-corrected chi connectivity index (χ4v) is 7.83. The second kappa shape index (κ2) is 29.1. The molecule has 0 saturated heterocycles. The summed E-state index contributed by atoms with van der Waals surface area (Å²) in [5.74, 6) is 0. The molecule has 270 valence electrons. The molecule has 1 aromatic carbocycles. The largest absolute Gasteiger partial charge is 0.320 e. The van der Waals surface area contributed by atoms with Gasteiger partial charge in [-0.15, -0.1) is 0 Å². The smallest absolute Gasteiger partial charge is 0.104 e. The molecule has 0 N–H and O–H groups in total. The normalized spacial score (nSPS) is 12.3. The third-order valence-electron chi connectivity index (χ3n) is 11.0. The van der Waals surface area contributed by atoms with Gasteiger partial charge in [-0.3, -0.25) is 0 Å². The molecule has 2 nitrogen and oxygen atoms in total. The molecule has 0 bridgehead atoms. The van der Waals surface area contributed by atoms with Crippen LogP contribution in [0.25, 0.3) is 0 Å². The monoisotopic (exact) mass is 643 g/mol. The van der Waals surface area contributed by atoms with E-state index in [1.807, 2.05) is 0 Å². The Balaban J connectivity index is 3.13. The molecule has 0 saturated carbocycles. The van der Waals surface area contributed by atoms with Crippen LogP contribution in [0.5, 0.6) is 0 Å². The summed E-state index contributed by atoms with van der Waals surface area (Å²) < 4.78 is 2.65. The first-order valence-corrected chi connectivity index (χ1v) is 21.3. The summed E-state index contributed by atoms with van der Waals surface area (Å²) in [6.07, 6.45) is 33.5. The molecule has 0 aromatic heterocycles. The zero-order valence-electron chi connectivity index (χ0n) is 32.8. The molecule has 2 heteroatoms. The lowest BCUT2D eigenvalue weighted by molar-refractivity contribution is -0.941. The van der Waals surface area contributed by atoms with Crippen molar-refractivity contribution in [2.24, 2.45) is 0 Å². The second-order valence-electron chi connectivity index (χ2n) is 15.5. The van der Waals surface area contributed by atoms with Crippen LogP contribution in [0.2, 0.25) is 0 Å². The minimum Gasteiger partial charge on any atom is -0.320 e. The summed E-state index contributed by atoms with van der Waals surface area (Å²) in [6, 6.07) is 10.2. The predicted molar refractivity (Wildman–Crippen MR) is 208 cm³/mol. The molecule has 0 aliphatic heterocycles. The van der Waals surface area contributed by atoms with E-state index in [1.54, 1.807) is 11.1 Å². The van der Waals surface area contributed by atoms with E-state index >= 15 is 0 Å². The third kappa shape index (κ3) is 20.5. The Morgan fingerprint density at radius 2 is 0.500 bits per heavy atom.